The second kappa shape index (κ2) is 5.04. The van der Waals surface area contributed by atoms with Gasteiger partial charge in [0, 0.05) is 9.79 Å². The van der Waals surface area contributed by atoms with E-state index in [1.807, 2.05) is 23.9 Å². The Labute approximate surface area is 95.3 Å². The molecule has 0 aliphatic heterocycles. The Morgan fingerprint density at radius 1 is 1.07 bits per heavy atom. The van der Waals surface area contributed by atoms with Gasteiger partial charge in [0.05, 0.1) is 0 Å². The summed E-state index contributed by atoms with van der Waals surface area (Å²) in [7, 11) is 0. The highest BCUT2D eigenvalue weighted by Crippen LogP contribution is 2.30. The molecule has 1 heteroatoms. The normalized spacial score (nSPS) is 10.2. The highest BCUT2D eigenvalue weighted by atomic mass is 32.2. The average Bonchev–Trinajstić information content (AvgIpc) is 2.31. The van der Waals surface area contributed by atoms with Gasteiger partial charge in [-0.25, -0.2) is 0 Å². The predicted molar refractivity (Wildman–Crippen MR) is 65.2 cm³/mol. The predicted octanol–water partition coefficient (Wildman–Crippen LogP) is 4.20. The van der Waals surface area contributed by atoms with E-state index >= 15 is 0 Å². The molecule has 0 aliphatic carbocycles. The third-order valence-electron chi connectivity index (χ3n) is 2.27. The summed E-state index contributed by atoms with van der Waals surface area (Å²) in [6, 6.07) is 19.7. The summed E-state index contributed by atoms with van der Waals surface area (Å²) in [5.41, 5.74) is 1.41. The molecule has 0 fully saturated rings. The average molecular weight is 213 g/mol. The molecule has 0 unspecified atom stereocenters. The van der Waals surface area contributed by atoms with Crippen molar-refractivity contribution in [3.05, 3.63) is 60.2 Å². The zero-order chi connectivity index (χ0) is 10.5. The molecule has 0 N–H and O–H groups in total. The molecule has 0 aliphatic rings. The second-order valence-electron chi connectivity index (χ2n) is 3.30. The molecule has 0 heterocycles. The fraction of sp³-hybridized carbons (Fsp3) is 0.143. The van der Waals surface area contributed by atoms with E-state index in [0.29, 0.717) is 0 Å². The maximum absolute atomic E-state index is 3.03. The van der Waals surface area contributed by atoms with E-state index in [1.165, 1.54) is 15.4 Å². The van der Waals surface area contributed by atoms with Gasteiger partial charge in [-0.2, -0.15) is 0 Å². The Balaban J connectivity index is 2.24. The molecule has 75 valence electrons. The topological polar surface area (TPSA) is 0 Å². The van der Waals surface area contributed by atoms with Crippen LogP contribution < -0.4 is 0 Å². The highest BCUT2D eigenvalue weighted by Gasteiger charge is 2.01. The maximum Gasteiger partial charge on any atom is 0.0154 e. The lowest BCUT2D eigenvalue weighted by molar-refractivity contribution is 1.08. The second-order valence-corrected chi connectivity index (χ2v) is 4.41. The zero-order valence-electron chi connectivity index (χ0n) is 8.73. The molecule has 15 heavy (non-hydrogen) atoms. The molecule has 0 nitrogen and oxygen atoms in total. The fourth-order valence-electron chi connectivity index (χ4n) is 1.46. The lowest BCUT2D eigenvalue weighted by Crippen LogP contribution is -1.83. The van der Waals surface area contributed by atoms with Crippen molar-refractivity contribution in [3.63, 3.8) is 0 Å². The van der Waals surface area contributed by atoms with Crippen LogP contribution in [0.15, 0.2) is 58.3 Å². The van der Waals surface area contributed by atoms with E-state index in [4.69, 9.17) is 0 Å². The lowest BCUT2D eigenvalue weighted by Gasteiger charge is -2.06. The van der Waals surface area contributed by atoms with Crippen LogP contribution in [0.5, 0.6) is 0 Å². The summed E-state index contributed by atoms with van der Waals surface area (Å²) in [6.07, 6.45) is 1.09. The largest absolute Gasteiger partial charge is 0.0898 e. The summed E-state index contributed by atoms with van der Waals surface area (Å²) >= 11 is 1.82. The van der Waals surface area contributed by atoms with E-state index in [-0.39, 0.29) is 0 Å². The Morgan fingerprint density at radius 3 is 2.53 bits per heavy atom. The third-order valence-corrected chi connectivity index (χ3v) is 3.40. The first-order valence-electron chi connectivity index (χ1n) is 5.12. The van der Waals surface area contributed by atoms with Gasteiger partial charge in [-0.15, -0.1) is 0 Å². The number of aryl methyl sites for hydroxylation is 1. The maximum atomic E-state index is 3.03. The molecule has 2 aromatic rings. The molecule has 0 amide bonds. The van der Waals surface area contributed by atoms with Crippen molar-refractivity contribution in [1.82, 2.24) is 0 Å². The SMILES string of the molecule is CCc1ccccc1Sc1cc[c]cc1. The van der Waals surface area contributed by atoms with Crippen LogP contribution in [0.1, 0.15) is 12.5 Å². The van der Waals surface area contributed by atoms with E-state index < -0.39 is 0 Å². The van der Waals surface area contributed by atoms with Gasteiger partial charge in [-0.3, -0.25) is 0 Å². The van der Waals surface area contributed by atoms with Crippen LogP contribution in [0.3, 0.4) is 0 Å². The smallest absolute Gasteiger partial charge is 0.0154 e. The first kappa shape index (κ1) is 10.3. The molecular formula is C14H13S. The van der Waals surface area contributed by atoms with Gasteiger partial charge >= 0.3 is 0 Å². The number of hydrogen-bond acceptors (Lipinski definition) is 1. The standard InChI is InChI=1S/C14H13S/c1-2-12-8-6-7-11-14(12)15-13-9-4-3-5-10-13/h4-11H,2H2,1H3. The van der Waals surface area contributed by atoms with Crippen molar-refractivity contribution in [2.24, 2.45) is 0 Å². The van der Waals surface area contributed by atoms with Crippen LogP contribution >= 0.6 is 11.8 Å². The Kier molecular flexibility index (Phi) is 3.46. The Morgan fingerprint density at radius 2 is 1.80 bits per heavy atom. The Bertz CT molecular complexity index is 420. The van der Waals surface area contributed by atoms with Gasteiger partial charge in [0.1, 0.15) is 0 Å². The molecule has 1 radical (unpaired) electrons. The minimum atomic E-state index is 1.09. The van der Waals surface area contributed by atoms with Crippen LogP contribution in [0.25, 0.3) is 0 Å². The molecule has 0 atom stereocenters. The van der Waals surface area contributed by atoms with E-state index in [2.05, 4.69) is 49.4 Å². The zero-order valence-corrected chi connectivity index (χ0v) is 9.55. The number of benzene rings is 2. The Hall–Kier alpha value is -1.21. The molecule has 2 aromatic carbocycles. The van der Waals surface area contributed by atoms with Gasteiger partial charge in [0.25, 0.3) is 0 Å². The van der Waals surface area contributed by atoms with Crippen molar-refractivity contribution in [2.45, 2.75) is 23.1 Å². The van der Waals surface area contributed by atoms with E-state index in [9.17, 15) is 0 Å². The van der Waals surface area contributed by atoms with Crippen LogP contribution in [0.2, 0.25) is 0 Å². The van der Waals surface area contributed by atoms with Crippen LogP contribution in [0.4, 0.5) is 0 Å². The quantitative estimate of drug-likeness (QED) is 0.736. The summed E-state index contributed by atoms with van der Waals surface area (Å²) in [5.74, 6) is 0. The molecule has 0 bridgehead atoms. The first-order chi connectivity index (χ1) is 7.40. The van der Waals surface area contributed by atoms with Gasteiger partial charge in [-0.05, 0) is 36.2 Å². The van der Waals surface area contributed by atoms with Crippen LogP contribution in [0, 0.1) is 6.07 Å². The minimum absolute atomic E-state index is 1.09. The van der Waals surface area contributed by atoms with E-state index in [1.54, 1.807) is 0 Å². The number of rotatable bonds is 3. The molecule has 0 spiro atoms. The molecule has 2 rings (SSSR count). The summed E-state index contributed by atoms with van der Waals surface area (Å²) < 4.78 is 0. The monoisotopic (exact) mass is 213 g/mol. The molecular weight excluding hydrogens is 200 g/mol. The first-order valence-corrected chi connectivity index (χ1v) is 5.93. The fourth-order valence-corrected chi connectivity index (χ4v) is 2.48. The summed E-state index contributed by atoms with van der Waals surface area (Å²) in [5, 5.41) is 0. The van der Waals surface area contributed by atoms with Crippen molar-refractivity contribution >= 4 is 11.8 Å². The van der Waals surface area contributed by atoms with Crippen molar-refractivity contribution in [3.8, 4) is 0 Å². The molecule has 0 saturated heterocycles. The van der Waals surface area contributed by atoms with Crippen molar-refractivity contribution in [2.75, 3.05) is 0 Å². The van der Waals surface area contributed by atoms with Crippen molar-refractivity contribution < 1.29 is 0 Å². The molecule has 0 aromatic heterocycles. The van der Waals surface area contributed by atoms with Gasteiger partial charge in [0.15, 0.2) is 0 Å². The van der Waals surface area contributed by atoms with Crippen molar-refractivity contribution in [1.29, 1.82) is 0 Å². The number of hydrogen-bond donors (Lipinski definition) is 0. The molecule has 0 saturated carbocycles. The van der Waals surface area contributed by atoms with Gasteiger partial charge in [0.2, 0.25) is 0 Å². The highest BCUT2D eigenvalue weighted by molar-refractivity contribution is 7.99. The van der Waals surface area contributed by atoms with Gasteiger partial charge in [-0.1, -0.05) is 49.0 Å². The van der Waals surface area contributed by atoms with Gasteiger partial charge < -0.3 is 0 Å². The summed E-state index contributed by atoms with van der Waals surface area (Å²) in [6.45, 7) is 2.19. The van der Waals surface area contributed by atoms with Crippen LogP contribution in [-0.2, 0) is 6.42 Å². The summed E-state index contributed by atoms with van der Waals surface area (Å²) in [4.78, 5) is 2.63. The van der Waals surface area contributed by atoms with E-state index in [0.717, 1.165) is 6.42 Å². The minimum Gasteiger partial charge on any atom is -0.0898 e. The third kappa shape index (κ3) is 2.63. The lowest BCUT2D eigenvalue weighted by atomic mass is 10.2. The van der Waals surface area contributed by atoms with Crippen LogP contribution in [-0.4, -0.2) is 0 Å².